The standard InChI is InChI=1S/C21H29FN2O4/c1-5-9-24-10-8-16-11-17(6-7-18(16)19(24)25)27-14-15(12-22)13-23-20(26)28-21(2,3)4/h6-7,11-12H,5,8-10,13-14H2,1-4H3,(H,23,26)/b15-12+. The molecule has 1 aliphatic rings. The van der Waals surface area contributed by atoms with Gasteiger partial charge in [0.1, 0.15) is 18.0 Å². The number of halogens is 1. The molecule has 0 bridgehead atoms. The molecule has 2 rings (SSSR count). The van der Waals surface area contributed by atoms with E-state index in [4.69, 9.17) is 9.47 Å². The maximum absolute atomic E-state index is 13.1. The van der Waals surface area contributed by atoms with E-state index in [1.165, 1.54) is 0 Å². The first kappa shape index (κ1) is 21.7. The third-order valence-electron chi connectivity index (χ3n) is 4.18. The minimum absolute atomic E-state index is 0.0129. The lowest BCUT2D eigenvalue weighted by Gasteiger charge is -2.28. The van der Waals surface area contributed by atoms with Gasteiger partial charge in [-0.05, 0) is 57.4 Å². The Labute approximate surface area is 165 Å². The number of hydrogen-bond acceptors (Lipinski definition) is 4. The maximum atomic E-state index is 13.1. The molecule has 1 aliphatic heterocycles. The fourth-order valence-electron chi connectivity index (χ4n) is 2.88. The predicted octanol–water partition coefficient (Wildman–Crippen LogP) is 3.85. The lowest BCUT2D eigenvalue weighted by atomic mass is 9.98. The zero-order valence-corrected chi connectivity index (χ0v) is 17.0. The Hall–Kier alpha value is -2.57. The highest BCUT2D eigenvalue weighted by atomic mass is 19.1. The molecule has 0 saturated heterocycles. The van der Waals surface area contributed by atoms with E-state index < -0.39 is 11.7 Å². The first-order valence-electron chi connectivity index (χ1n) is 9.53. The van der Waals surface area contributed by atoms with Crippen LogP contribution in [0.2, 0.25) is 0 Å². The molecule has 0 saturated carbocycles. The molecule has 0 atom stereocenters. The molecule has 0 aromatic heterocycles. The van der Waals surface area contributed by atoms with Gasteiger partial charge in [-0.25, -0.2) is 9.18 Å². The molecule has 7 heteroatoms. The molecule has 28 heavy (non-hydrogen) atoms. The lowest BCUT2D eigenvalue weighted by Crippen LogP contribution is -2.38. The molecular weight excluding hydrogens is 363 g/mol. The van der Waals surface area contributed by atoms with Gasteiger partial charge < -0.3 is 19.7 Å². The van der Waals surface area contributed by atoms with Gasteiger partial charge in [-0.2, -0.15) is 0 Å². The minimum Gasteiger partial charge on any atom is -0.489 e. The number of fused-ring (bicyclic) bond motifs is 1. The number of nitrogens with zero attached hydrogens (tertiary/aromatic N) is 1. The summed E-state index contributed by atoms with van der Waals surface area (Å²) in [4.78, 5) is 26.0. The highest BCUT2D eigenvalue weighted by Crippen LogP contribution is 2.24. The third kappa shape index (κ3) is 6.25. The number of ether oxygens (including phenoxy) is 2. The number of benzene rings is 1. The van der Waals surface area contributed by atoms with Crippen LogP contribution in [-0.4, -0.2) is 48.7 Å². The number of alkyl carbamates (subject to hydrolysis) is 1. The average Bonchev–Trinajstić information content (AvgIpc) is 2.63. The van der Waals surface area contributed by atoms with E-state index in [1.807, 2.05) is 17.9 Å². The molecule has 2 amide bonds. The van der Waals surface area contributed by atoms with E-state index in [0.717, 1.165) is 24.9 Å². The topological polar surface area (TPSA) is 67.9 Å². The molecule has 1 heterocycles. The summed E-state index contributed by atoms with van der Waals surface area (Å²) in [5.41, 5.74) is 1.29. The van der Waals surface area contributed by atoms with E-state index in [-0.39, 0.29) is 24.6 Å². The molecule has 1 aromatic rings. The van der Waals surface area contributed by atoms with Crippen LogP contribution in [0, 0.1) is 0 Å². The summed E-state index contributed by atoms with van der Waals surface area (Å²) < 4.78 is 23.9. The summed E-state index contributed by atoms with van der Waals surface area (Å²) in [6.07, 6.45) is 1.50. The average molecular weight is 392 g/mol. The Morgan fingerprint density at radius 3 is 2.75 bits per heavy atom. The van der Waals surface area contributed by atoms with Crippen molar-refractivity contribution in [1.82, 2.24) is 10.2 Å². The Balaban J connectivity index is 1.90. The molecule has 0 aliphatic carbocycles. The molecule has 0 unspecified atom stereocenters. The molecule has 1 aromatic carbocycles. The summed E-state index contributed by atoms with van der Waals surface area (Å²) in [6.45, 7) is 8.73. The summed E-state index contributed by atoms with van der Waals surface area (Å²) in [5.74, 6) is 0.604. The van der Waals surface area contributed by atoms with Crippen LogP contribution in [0.5, 0.6) is 5.75 Å². The van der Waals surface area contributed by atoms with Gasteiger partial charge in [0.15, 0.2) is 0 Å². The summed E-state index contributed by atoms with van der Waals surface area (Å²) in [7, 11) is 0. The van der Waals surface area contributed by atoms with Gasteiger partial charge in [0.2, 0.25) is 0 Å². The Kier molecular flexibility index (Phi) is 7.43. The summed E-state index contributed by atoms with van der Waals surface area (Å²) >= 11 is 0. The summed E-state index contributed by atoms with van der Waals surface area (Å²) in [6, 6.07) is 5.30. The predicted molar refractivity (Wildman–Crippen MR) is 105 cm³/mol. The van der Waals surface area contributed by atoms with Gasteiger partial charge in [0.25, 0.3) is 5.91 Å². The first-order chi connectivity index (χ1) is 13.2. The first-order valence-corrected chi connectivity index (χ1v) is 9.53. The van der Waals surface area contributed by atoms with Crippen molar-refractivity contribution < 1.29 is 23.5 Å². The zero-order valence-electron chi connectivity index (χ0n) is 17.0. The molecule has 0 fully saturated rings. The smallest absolute Gasteiger partial charge is 0.407 e. The van der Waals surface area contributed by atoms with Crippen molar-refractivity contribution in [3.05, 3.63) is 41.2 Å². The van der Waals surface area contributed by atoms with E-state index >= 15 is 0 Å². The van der Waals surface area contributed by atoms with Gasteiger partial charge in [-0.15, -0.1) is 0 Å². The molecular formula is C21H29FN2O4. The van der Waals surface area contributed by atoms with Crippen molar-refractivity contribution in [1.29, 1.82) is 0 Å². The Bertz CT molecular complexity index is 740. The van der Waals surface area contributed by atoms with Crippen molar-refractivity contribution in [2.45, 2.75) is 46.1 Å². The SMILES string of the molecule is CCCN1CCc2cc(OC/C(=C/F)CNC(=O)OC(C)(C)C)ccc2C1=O. The maximum Gasteiger partial charge on any atom is 0.407 e. The van der Waals surface area contributed by atoms with Crippen LogP contribution in [0.1, 0.15) is 50.0 Å². The van der Waals surface area contributed by atoms with E-state index in [2.05, 4.69) is 5.32 Å². The second kappa shape index (κ2) is 9.57. The lowest BCUT2D eigenvalue weighted by molar-refractivity contribution is 0.0531. The highest BCUT2D eigenvalue weighted by molar-refractivity contribution is 5.96. The number of nitrogens with one attached hydrogen (secondary N) is 1. The van der Waals surface area contributed by atoms with E-state index in [9.17, 15) is 14.0 Å². The number of carbonyl (C=O) groups is 2. The second-order valence-corrected chi connectivity index (χ2v) is 7.77. The zero-order chi connectivity index (χ0) is 20.7. The summed E-state index contributed by atoms with van der Waals surface area (Å²) in [5, 5.41) is 2.50. The van der Waals surface area contributed by atoms with Crippen LogP contribution in [0.4, 0.5) is 9.18 Å². The van der Waals surface area contributed by atoms with Gasteiger partial charge >= 0.3 is 6.09 Å². The van der Waals surface area contributed by atoms with Gasteiger partial charge in [0.05, 0.1) is 6.33 Å². The second-order valence-electron chi connectivity index (χ2n) is 7.77. The largest absolute Gasteiger partial charge is 0.489 e. The van der Waals surface area contributed by atoms with Crippen LogP contribution in [0.3, 0.4) is 0 Å². The highest BCUT2D eigenvalue weighted by Gasteiger charge is 2.24. The van der Waals surface area contributed by atoms with Crippen LogP contribution in [-0.2, 0) is 11.2 Å². The molecule has 0 radical (unpaired) electrons. The number of hydrogen-bond donors (Lipinski definition) is 1. The third-order valence-corrected chi connectivity index (χ3v) is 4.18. The minimum atomic E-state index is -0.618. The van der Waals surface area contributed by atoms with Crippen LogP contribution < -0.4 is 10.1 Å². The van der Waals surface area contributed by atoms with Gasteiger partial charge in [-0.1, -0.05) is 6.92 Å². The monoisotopic (exact) mass is 392 g/mol. The number of carbonyl (C=O) groups excluding carboxylic acids is 2. The van der Waals surface area contributed by atoms with Crippen LogP contribution in [0.15, 0.2) is 30.1 Å². The fraction of sp³-hybridized carbons (Fsp3) is 0.524. The quantitative estimate of drug-likeness (QED) is 0.765. The Morgan fingerprint density at radius 2 is 2.11 bits per heavy atom. The molecule has 0 spiro atoms. The van der Waals surface area contributed by atoms with Crippen molar-refractivity contribution in [3.63, 3.8) is 0 Å². The van der Waals surface area contributed by atoms with Gasteiger partial charge in [0, 0.05) is 30.8 Å². The fourth-order valence-corrected chi connectivity index (χ4v) is 2.88. The van der Waals surface area contributed by atoms with E-state index in [1.54, 1.807) is 32.9 Å². The number of amides is 2. The van der Waals surface area contributed by atoms with Gasteiger partial charge in [-0.3, -0.25) is 4.79 Å². The molecule has 6 nitrogen and oxygen atoms in total. The Morgan fingerprint density at radius 1 is 1.36 bits per heavy atom. The molecule has 154 valence electrons. The molecule has 1 N–H and O–H groups in total. The van der Waals surface area contributed by atoms with E-state index in [0.29, 0.717) is 24.2 Å². The van der Waals surface area contributed by atoms with Crippen molar-refractivity contribution >= 4 is 12.0 Å². The van der Waals surface area contributed by atoms with Crippen molar-refractivity contribution in [2.24, 2.45) is 0 Å². The van der Waals surface area contributed by atoms with Crippen molar-refractivity contribution in [3.8, 4) is 5.75 Å². The van der Waals surface area contributed by atoms with Crippen LogP contribution in [0.25, 0.3) is 0 Å². The normalized spacial score (nSPS) is 14.5. The number of rotatable bonds is 7. The van der Waals surface area contributed by atoms with Crippen molar-refractivity contribution in [2.75, 3.05) is 26.2 Å². The van der Waals surface area contributed by atoms with Crippen LogP contribution >= 0.6 is 0 Å².